The minimum atomic E-state index is -0.635. The number of fused-ring (bicyclic) bond motifs is 4. The molecule has 6 aromatic rings. The van der Waals surface area contributed by atoms with Gasteiger partial charge in [0.05, 0.1) is 33.0 Å². The van der Waals surface area contributed by atoms with E-state index in [1.54, 1.807) is 33.4 Å². The average Bonchev–Trinajstić information content (AvgIpc) is 4.23. The lowest BCUT2D eigenvalue weighted by Gasteiger charge is -2.36. The molecule has 2 bridgehead atoms. The number of piperazine rings is 2. The number of carbonyl (C=O) groups excluding carboxylic acids is 3. The number of phenolic OH excluding ortho intramolecular Hbond substituents is 1. The summed E-state index contributed by atoms with van der Waals surface area (Å²) >= 11 is 8.28. The number of aryl methyl sites for hydroxylation is 1. The third-order valence-electron chi connectivity index (χ3n) is 18.7. The number of ether oxygens (including phenoxy) is 2. The van der Waals surface area contributed by atoms with Crippen molar-refractivity contribution in [2.75, 3.05) is 75.4 Å². The molecule has 22 heteroatoms. The number of rotatable bonds is 16. The Morgan fingerprint density at radius 2 is 1.71 bits per heavy atom. The van der Waals surface area contributed by atoms with Crippen molar-refractivity contribution in [2.45, 2.75) is 139 Å². The molecule has 1 aliphatic carbocycles. The van der Waals surface area contributed by atoms with Crippen LogP contribution in [0.2, 0.25) is 5.02 Å². The Balaban J connectivity index is 0.623. The van der Waals surface area contributed by atoms with E-state index in [-0.39, 0.29) is 76.9 Å². The number of aromatic hydroxyl groups is 1. The van der Waals surface area contributed by atoms with E-state index in [9.17, 15) is 19.5 Å². The van der Waals surface area contributed by atoms with Gasteiger partial charge in [-0.2, -0.15) is 9.97 Å². The topological polar surface area (TPSA) is 208 Å². The number of amides is 3. The third-order valence-corrected chi connectivity index (χ3v) is 19.9. The van der Waals surface area contributed by atoms with E-state index >= 15 is 4.39 Å². The molecule has 7 fully saturated rings. The van der Waals surface area contributed by atoms with Crippen molar-refractivity contribution in [3.8, 4) is 33.5 Å². The summed E-state index contributed by atoms with van der Waals surface area (Å²) in [4.78, 5) is 72.1. The van der Waals surface area contributed by atoms with Crippen LogP contribution in [0.5, 0.6) is 11.8 Å². The summed E-state index contributed by atoms with van der Waals surface area (Å²) in [5.74, 6) is 0.0618. The summed E-state index contributed by atoms with van der Waals surface area (Å²) in [7, 11) is 0. The number of benzene rings is 2. The summed E-state index contributed by atoms with van der Waals surface area (Å²) in [6, 6.07) is 12.9. The maximum Gasteiger partial charge on any atom is 0.409 e. The number of nitrogens with zero attached hydrogens (tertiary/aromatic N) is 10. The molecule has 0 spiro atoms. The Morgan fingerprint density at radius 3 is 2.45 bits per heavy atom. The minimum Gasteiger partial charge on any atom is -0.508 e. The SMILES string of the molecule is Cc1ncsc1-c1ccc([C@H](C)NC(=O)[C@@H]2CCCN2C(=O)[C@@H](c2cc(N3CCN(C(=O)OC[C@@H]4CC[C@@]5(COc6nc(N7CC8CCC(C7)N8)c7cnc(-c8cc(O)cc(Cl)c8C8CC8)c(F)c7n6)CCCN45)CC3)no2)C(C)C)cc1. The maximum atomic E-state index is 17.2. The van der Waals surface area contributed by atoms with Crippen LogP contribution in [0.1, 0.15) is 125 Å². The highest BCUT2D eigenvalue weighted by Gasteiger charge is 2.51. The molecule has 19 nitrogen and oxygen atoms in total. The number of nitrogens with one attached hydrogen (secondary N) is 2. The van der Waals surface area contributed by atoms with Gasteiger partial charge in [-0.05, 0) is 125 Å². The summed E-state index contributed by atoms with van der Waals surface area (Å²) in [6.45, 7) is 13.0. The van der Waals surface area contributed by atoms with Crippen molar-refractivity contribution in [2.24, 2.45) is 5.92 Å². The van der Waals surface area contributed by atoms with Crippen molar-refractivity contribution in [1.29, 1.82) is 0 Å². The van der Waals surface area contributed by atoms with E-state index in [0.717, 1.165) is 105 Å². The molecule has 4 aromatic heterocycles. The van der Waals surface area contributed by atoms with Crippen molar-refractivity contribution < 1.29 is 37.9 Å². The van der Waals surface area contributed by atoms with Gasteiger partial charge in [0.15, 0.2) is 17.4 Å². The lowest BCUT2D eigenvalue weighted by atomic mass is 9.91. The smallest absolute Gasteiger partial charge is 0.409 e. The Labute approximate surface area is 491 Å². The fourth-order valence-corrected chi connectivity index (χ4v) is 15.3. The second-order valence-electron chi connectivity index (χ2n) is 24.4. The second-order valence-corrected chi connectivity index (χ2v) is 25.7. The zero-order valence-electron chi connectivity index (χ0n) is 47.5. The predicted octanol–water partition coefficient (Wildman–Crippen LogP) is 9.37. The van der Waals surface area contributed by atoms with Crippen molar-refractivity contribution >= 4 is 63.4 Å². The van der Waals surface area contributed by atoms with E-state index in [2.05, 4.69) is 52.6 Å². The Bertz CT molecular complexity index is 3420. The van der Waals surface area contributed by atoms with Crippen LogP contribution in [-0.2, 0) is 14.3 Å². The van der Waals surface area contributed by atoms with Gasteiger partial charge in [-0.3, -0.25) is 19.5 Å². The molecule has 3 amide bonds. The molecule has 83 heavy (non-hydrogen) atoms. The van der Waals surface area contributed by atoms with Crippen LogP contribution < -0.4 is 25.2 Å². The molecule has 7 atom stereocenters. The highest BCUT2D eigenvalue weighted by Crippen LogP contribution is 2.50. The van der Waals surface area contributed by atoms with Crippen LogP contribution in [0.25, 0.3) is 32.6 Å². The van der Waals surface area contributed by atoms with Crippen LogP contribution in [-0.4, -0.2) is 158 Å². The van der Waals surface area contributed by atoms with Crippen molar-refractivity contribution in [3.05, 3.63) is 87.6 Å². The van der Waals surface area contributed by atoms with E-state index < -0.39 is 17.8 Å². The van der Waals surface area contributed by atoms with Gasteiger partial charge in [0.1, 0.15) is 48.0 Å². The number of hydrogen-bond donors (Lipinski definition) is 3. The van der Waals surface area contributed by atoms with E-state index in [0.29, 0.717) is 91.2 Å². The summed E-state index contributed by atoms with van der Waals surface area (Å²) < 4.78 is 35.8. The fraction of sp³-hybridized carbons (Fsp3) is 0.541. The standard InChI is InChI=1S/C61H72ClFN12O7S/c1-34(2)50(58(78)74-19-5-7-47(74)57(77)66-35(3)37-8-12-39(13-9-37)55-36(4)65-33-83-55)48-27-49(70-82-48)71-21-23-72(24-22-71)60(79)80-31-42-16-18-61(17-6-20-75(42)61)32-81-59-68-54-45(56(69-59)73-29-40-14-15-41(30-73)67-40)28-64-53(52(54)63)44-25-43(76)26-46(62)51(44)38-10-11-38/h8-9,12-13,25-28,33-35,38,40-42,47,50,67,76H,5-7,10-11,14-24,29-32H2,1-4H3,(H,66,77)/t35-,40?,41?,42-,47-,50+,61+/m0/s1. The van der Waals surface area contributed by atoms with Gasteiger partial charge >= 0.3 is 12.1 Å². The summed E-state index contributed by atoms with van der Waals surface area (Å²) in [6.07, 6.45) is 10.1. The first-order valence-corrected chi connectivity index (χ1v) is 31.0. The molecule has 10 heterocycles. The molecule has 13 rings (SSSR count). The molecule has 6 aliphatic heterocycles. The van der Waals surface area contributed by atoms with E-state index in [1.807, 2.05) is 51.4 Å². The zero-order chi connectivity index (χ0) is 57.3. The molecule has 6 saturated heterocycles. The number of likely N-dealkylation sites (tertiary alicyclic amines) is 1. The van der Waals surface area contributed by atoms with Gasteiger partial charge < -0.3 is 49.3 Å². The Morgan fingerprint density at radius 1 is 0.928 bits per heavy atom. The molecule has 0 radical (unpaired) electrons. The molecule has 2 unspecified atom stereocenters. The molecule has 2 aromatic carbocycles. The number of hydrogen-bond acceptors (Lipinski definition) is 17. The Kier molecular flexibility index (Phi) is 15.2. The van der Waals surface area contributed by atoms with Crippen LogP contribution in [0.3, 0.4) is 0 Å². The van der Waals surface area contributed by atoms with E-state index in [1.165, 1.54) is 6.07 Å². The van der Waals surface area contributed by atoms with Gasteiger partial charge in [0, 0.05) is 86.8 Å². The lowest BCUT2D eigenvalue weighted by molar-refractivity contribution is -0.141. The van der Waals surface area contributed by atoms with Gasteiger partial charge in [-0.1, -0.05) is 54.9 Å². The number of thiazole rings is 1. The first-order chi connectivity index (χ1) is 40.2. The van der Waals surface area contributed by atoms with Gasteiger partial charge in [-0.25, -0.2) is 14.2 Å². The maximum absolute atomic E-state index is 17.2. The van der Waals surface area contributed by atoms with Gasteiger partial charge in [0.25, 0.3) is 0 Å². The van der Waals surface area contributed by atoms with Crippen molar-refractivity contribution in [1.82, 2.24) is 50.4 Å². The summed E-state index contributed by atoms with van der Waals surface area (Å²) in [5, 5.41) is 22.8. The highest BCUT2D eigenvalue weighted by molar-refractivity contribution is 7.13. The van der Waals surface area contributed by atoms with Crippen LogP contribution >= 0.6 is 22.9 Å². The molecule has 7 aliphatic rings. The molecular formula is C61H72ClFN12O7S. The van der Waals surface area contributed by atoms with Crippen LogP contribution in [0.4, 0.5) is 20.8 Å². The lowest BCUT2D eigenvalue weighted by Crippen LogP contribution is -2.51. The monoisotopic (exact) mass is 1170 g/mol. The van der Waals surface area contributed by atoms with Gasteiger partial charge in [0.2, 0.25) is 11.8 Å². The number of phenols is 1. The average molecular weight is 1170 g/mol. The molecule has 3 N–H and O–H groups in total. The fourth-order valence-electron chi connectivity index (χ4n) is 14.1. The highest BCUT2D eigenvalue weighted by atomic mass is 35.5. The second kappa shape index (κ2) is 22.7. The predicted molar refractivity (Wildman–Crippen MR) is 314 cm³/mol. The van der Waals surface area contributed by atoms with Crippen molar-refractivity contribution in [3.63, 3.8) is 0 Å². The largest absolute Gasteiger partial charge is 0.508 e. The third kappa shape index (κ3) is 10.8. The van der Waals surface area contributed by atoms with E-state index in [4.69, 9.17) is 35.6 Å². The zero-order valence-corrected chi connectivity index (χ0v) is 49.1. The minimum absolute atomic E-state index is 0.00171. The number of carbonyl (C=O) groups is 3. The molecule has 438 valence electrons. The normalized spacial score (nSPS) is 24.2. The van der Waals surface area contributed by atoms with Crippen LogP contribution in [0, 0.1) is 18.7 Å². The van der Waals surface area contributed by atoms with Crippen LogP contribution in [0.15, 0.2) is 58.7 Å². The summed E-state index contributed by atoms with van der Waals surface area (Å²) in [5.41, 5.74) is 6.02. The number of anilines is 2. The molecule has 1 saturated carbocycles. The first-order valence-electron chi connectivity index (χ1n) is 29.7. The number of halogens is 2. The Hall–Kier alpha value is -6.68. The first kappa shape index (κ1) is 55.5. The van der Waals surface area contributed by atoms with Gasteiger partial charge in [-0.15, -0.1) is 11.3 Å². The quantitative estimate of drug-likeness (QED) is 0.0825. The molecular weight excluding hydrogens is 1100 g/mol. The number of pyridine rings is 1. The number of aromatic nitrogens is 5.